The maximum atomic E-state index is 12.4. The van der Waals surface area contributed by atoms with Crippen LogP contribution >= 0.6 is 0 Å². The highest BCUT2D eigenvalue weighted by molar-refractivity contribution is 7.89. The Morgan fingerprint density at radius 2 is 1.86 bits per heavy atom. The summed E-state index contributed by atoms with van der Waals surface area (Å²) in [7, 11) is -2.11. The highest BCUT2D eigenvalue weighted by Gasteiger charge is 2.23. The smallest absolute Gasteiger partial charge is 0.253 e. The third-order valence-electron chi connectivity index (χ3n) is 3.92. The monoisotopic (exact) mass is 311 g/mol. The summed E-state index contributed by atoms with van der Waals surface area (Å²) in [5.41, 5.74) is 6.15. The summed E-state index contributed by atoms with van der Waals surface area (Å²) in [6.45, 7) is 2.08. The molecule has 1 amide bonds. The summed E-state index contributed by atoms with van der Waals surface area (Å²) < 4.78 is 25.5. The number of nitrogens with one attached hydrogen (secondary N) is 1. The van der Waals surface area contributed by atoms with Crippen molar-refractivity contribution in [3.05, 3.63) is 29.8 Å². The lowest BCUT2D eigenvalue weighted by molar-refractivity contribution is 0.0693. The molecule has 3 N–H and O–H groups in total. The van der Waals surface area contributed by atoms with E-state index < -0.39 is 10.0 Å². The van der Waals surface area contributed by atoms with Crippen LogP contribution in [0.25, 0.3) is 0 Å². The first-order valence-electron chi connectivity index (χ1n) is 7.01. The summed E-state index contributed by atoms with van der Waals surface area (Å²) in [5, 5.41) is 0. The zero-order valence-corrected chi connectivity index (χ0v) is 12.9. The maximum Gasteiger partial charge on any atom is 0.253 e. The normalized spacial score (nSPS) is 17.0. The molecule has 0 unspecified atom stereocenters. The van der Waals surface area contributed by atoms with Crippen LogP contribution in [-0.2, 0) is 10.0 Å². The molecule has 7 heteroatoms. The first-order valence-corrected chi connectivity index (χ1v) is 8.49. The Kier molecular flexibility index (Phi) is 4.97. The van der Waals surface area contributed by atoms with Gasteiger partial charge in [-0.1, -0.05) is 0 Å². The first-order chi connectivity index (χ1) is 9.97. The van der Waals surface area contributed by atoms with Crippen LogP contribution in [0.5, 0.6) is 0 Å². The fourth-order valence-electron chi connectivity index (χ4n) is 2.45. The SMILES string of the molecule is CNS(=O)(=O)c1ccc(C(=O)N2CCC(CN)CC2)cc1. The van der Waals surface area contributed by atoms with E-state index in [2.05, 4.69) is 4.72 Å². The molecule has 1 aromatic carbocycles. The lowest BCUT2D eigenvalue weighted by Gasteiger charge is -2.31. The van der Waals surface area contributed by atoms with Gasteiger partial charge in [0.1, 0.15) is 0 Å². The van der Waals surface area contributed by atoms with Crippen LogP contribution in [0, 0.1) is 5.92 Å². The van der Waals surface area contributed by atoms with Gasteiger partial charge in [-0.2, -0.15) is 0 Å². The molecule has 6 nitrogen and oxygen atoms in total. The molecule has 0 saturated carbocycles. The van der Waals surface area contributed by atoms with Gasteiger partial charge in [0.25, 0.3) is 5.91 Å². The predicted octanol–water partition coefficient (Wildman–Crippen LogP) is 0.406. The molecular formula is C14H21N3O3S. The third-order valence-corrected chi connectivity index (χ3v) is 5.35. The van der Waals surface area contributed by atoms with E-state index in [-0.39, 0.29) is 10.8 Å². The molecule has 0 radical (unpaired) electrons. The minimum atomic E-state index is -3.46. The molecule has 2 rings (SSSR count). The van der Waals surface area contributed by atoms with Gasteiger partial charge in [0, 0.05) is 18.7 Å². The van der Waals surface area contributed by atoms with Crippen molar-refractivity contribution in [1.82, 2.24) is 9.62 Å². The molecule has 0 aliphatic carbocycles. The summed E-state index contributed by atoms with van der Waals surface area (Å²) in [6, 6.07) is 6.01. The van der Waals surface area contributed by atoms with Gasteiger partial charge in [-0.3, -0.25) is 4.79 Å². The van der Waals surface area contributed by atoms with Gasteiger partial charge in [0.2, 0.25) is 10.0 Å². The van der Waals surface area contributed by atoms with E-state index in [1.807, 2.05) is 0 Å². The number of hydrogen-bond donors (Lipinski definition) is 2. The van der Waals surface area contributed by atoms with Crippen LogP contribution in [0.1, 0.15) is 23.2 Å². The van der Waals surface area contributed by atoms with Crippen LogP contribution in [0.2, 0.25) is 0 Å². The van der Waals surface area contributed by atoms with Gasteiger partial charge < -0.3 is 10.6 Å². The Bertz CT molecular complexity index is 590. The maximum absolute atomic E-state index is 12.4. The van der Waals surface area contributed by atoms with Gasteiger partial charge in [-0.05, 0) is 56.6 Å². The number of sulfonamides is 1. The summed E-state index contributed by atoms with van der Waals surface area (Å²) in [4.78, 5) is 14.3. The Morgan fingerprint density at radius 3 is 2.33 bits per heavy atom. The van der Waals surface area contributed by atoms with Crippen molar-refractivity contribution >= 4 is 15.9 Å². The van der Waals surface area contributed by atoms with Gasteiger partial charge in [0.05, 0.1) is 4.90 Å². The summed E-state index contributed by atoms with van der Waals surface area (Å²) in [5.74, 6) is 0.441. The van der Waals surface area contributed by atoms with Crippen molar-refractivity contribution in [3.63, 3.8) is 0 Å². The lowest BCUT2D eigenvalue weighted by atomic mass is 9.96. The van der Waals surface area contributed by atoms with Crippen LogP contribution < -0.4 is 10.5 Å². The van der Waals surface area contributed by atoms with E-state index in [4.69, 9.17) is 5.73 Å². The number of carbonyl (C=O) groups is 1. The van der Waals surface area contributed by atoms with Crippen LogP contribution in [-0.4, -0.2) is 45.9 Å². The average molecular weight is 311 g/mol. The van der Waals surface area contributed by atoms with Crippen molar-refractivity contribution in [2.75, 3.05) is 26.7 Å². The molecule has 1 aliphatic rings. The number of nitrogens with two attached hydrogens (primary N) is 1. The largest absolute Gasteiger partial charge is 0.339 e. The fraction of sp³-hybridized carbons (Fsp3) is 0.500. The molecule has 1 heterocycles. The van der Waals surface area contributed by atoms with Gasteiger partial charge in [0.15, 0.2) is 0 Å². The molecule has 21 heavy (non-hydrogen) atoms. The van der Waals surface area contributed by atoms with Crippen LogP contribution in [0.3, 0.4) is 0 Å². The molecule has 0 atom stereocenters. The lowest BCUT2D eigenvalue weighted by Crippen LogP contribution is -2.40. The van der Waals surface area contributed by atoms with Gasteiger partial charge in [-0.15, -0.1) is 0 Å². The van der Waals surface area contributed by atoms with E-state index in [0.717, 1.165) is 12.8 Å². The third kappa shape index (κ3) is 3.61. The van der Waals surface area contributed by atoms with E-state index in [1.165, 1.54) is 19.2 Å². The highest BCUT2D eigenvalue weighted by Crippen LogP contribution is 2.19. The second kappa shape index (κ2) is 6.55. The standard InChI is InChI=1S/C14H21N3O3S/c1-16-21(19,20)13-4-2-12(3-5-13)14(18)17-8-6-11(10-15)7-9-17/h2-5,11,16H,6-10,15H2,1H3. The topological polar surface area (TPSA) is 92.5 Å². The Hall–Kier alpha value is -1.44. The molecule has 1 fully saturated rings. The number of amides is 1. The number of rotatable bonds is 4. The second-order valence-electron chi connectivity index (χ2n) is 5.20. The van der Waals surface area contributed by atoms with Gasteiger partial charge >= 0.3 is 0 Å². The quantitative estimate of drug-likeness (QED) is 0.842. The van der Waals surface area contributed by atoms with Crippen molar-refractivity contribution in [1.29, 1.82) is 0 Å². The minimum absolute atomic E-state index is 0.0566. The highest BCUT2D eigenvalue weighted by atomic mass is 32.2. The number of nitrogens with zero attached hydrogens (tertiary/aromatic N) is 1. The molecular weight excluding hydrogens is 290 g/mol. The van der Waals surface area contributed by atoms with E-state index in [9.17, 15) is 13.2 Å². The van der Waals surface area contributed by atoms with Crippen molar-refractivity contribution in [2.45, 2.75) is 17.7 Å². The molecule has 1 aliphatic heterocycles. The van der Waals surface area contributed by atoms with Crippen molar-refractivity contribution < 1.29 is 13.2 Å². The second-order valence-corrected chi connectivity index (χ2v) is 7.09. The number of benzene rings is 1. The summed E-state index contributed by atoms with van der Waals surface area (Å²) in [6.07, 6.45) is 1.85. The number of likely N-dealkylation sites (tertiary alicyclic amines) is 1. The molecule has 1 saturated heterocycles. The van der Waals surface area contributed by atoms with E-state index >= 15 is 0 Å². The van der Waals surface area contributed by atoms with Crippen LogP contribution in [0.15, 0.2) is 29.2 Å². The van der Waals surface area contributed by atoms with E-state index in [1.54, 1.807) is 17.0 Å². The summed E-state index contributed by atoms with van der Waals surface area (Å²) >= 11 is 0. The van der Waals surface area contributed by atoms with E-state index in [0.29, 0.717) is 31.1 Å². The number of piperidine rings is 1. The first kappa shape index (κ1) is 15.9. The molecule has 0 spiro atoms. The average Bonchev–Trinajstić information content (AvgIpc) is 2.54. The fourth-order valence-corrected chi connectivity index (χ4v) is 3.18. The molecule has 1 aromatic rings. The molecule has 116 valence electrons. The molecule has 0 aromatic heterocycles. The number of carbonyl (C=O) groups excluding carboxylic acids is 1. The van der Waals surface area contributed by atoms with Crippen molar-refractivity contribution in [3.8, 4) is 0 Å². The minimum Gasteiger partial charge on any atom is -0.339 e. The van der Waals surface area contributed by atoms with Crippen LogP contribution in [0.4, 0.5) is 0 Å². The zero-order chi connectivity index (χ0) is 15.5. The van der Waals surface area contributed by atoms with Gasteiger partial charge in [-0.25, -0.2) is 13.1 Å². The van der Waals surface area contributed by atoms with Crippen molar-refractivity contribution in [2.24, 2.45) is 11.7 Å². The number of hydrogen-bond acceptors (Lipinski definition) is 4. The Labute approximate surface area is 125 Å². The zero-order valence-electron chi connectivity index (χ0n) is 12.1. The Balaban J connectivity index is 2.07. The Morgan fingerprint density at radius 1 is 1.29 bits per heavy atom. The molecule has 0 bridgehead atoms. The predicted molar refractivity (Wildman–Crippen MR) is 80.4 cm³/mol.